The number of amides is 2. The molecule has 2 aromatic carbocycles. The van der Waals surface area contributed by atoms with Crippen LogP contribution in [0.15, 0.2) is 48.5 Å². The Morgan fingerprint density at radius 2 is 1.60 bits per heavy atom. The van der Waals surface area contributed by atoms with E-state index in [9.17, 15) is 9.59 Å². The van der Waals surface area contributed by atoms with E-state index in [1.807, 2.05) is 62.1 Å². The number of piperazine rings is 1. The molecule has 0 aliphatic carbocycles. The Kier molecular flexibility index (Phi) is 6.98. The molecule has 0 aromatic heterocycles. The van der Waals surface area contributed by atoms with E-state index in [0.717, 1.165) is 30.1 Å². The molecule has 1 fully saturated rings. The second-order valence-corrected chi connectivity index (χ2v) is 8.05. The first-order valence-corrected chi connectivity index (χ1v) is 10.4. The highest BCUT2D eigenvalue weighted by Crippen LogP contribution is 2.28. The fraction of sp³-hybridized carbons (Fsp3) is 0.417. The van der Waals surface area contributed by atoms with Crippen molar-refractivity contribution in [3.63, 3.8) is 0 Å². The number of carbonyl (C=O) groups excluding carboxylic acids is 2. The molecule has 0 bridgehead atoms. The Morgan fingerprint density at radius 3 is 2.20 bits per heavy atom. The number of para-hydroxylation sites is 2. The van der Waals surface area contributed by atoms with Crippen molar-refractivity contribution in [2.75, 3.05) is 38.2 Å². The Morgan fingerprint density at radius 1 is 0.967 bits per heavy atom. The highest BCUT2D eigenvalue weighted by atomic mass is 16.5. The van der Waals surface area contributed by atoms with Gasteiger partial charge < -0.3 is 19.9 Å². The fourth-order valence-corrected chi connectivity index (χ4v) is 3.70. The van der Waals surface area contributed by atoms with Crippen LogP contribution in [0.5, 0.6) is 5.75 Å². The van der Waals surface area contributed by atoms with Crippen molar-refractivity contribution in [3.05, 3.63) is 59.7 Å². The van der Waals surface area contributed by atoms with Gasteiger partial charge in [-0.05, 0) is 37.1 Å². The predicted octanol–water partition coefficient (Wildman–Crippen LogP) is 3.11. The first-order chi connectivity index (χ1) is 14.4. The van der Waals surface area contributed by atoms with Crippen LogP contribution in [0.25, 0.3) is 0 Å². The minimum atomic E-state index is -0.545. The number of nitrogens with zero attached hydrogens (tertiary/aromatic N) is 2. The first-order valence-electron chi connectivity index (χ1n) is 10.4. The fourth-order valence-electron chi connectivity index (χ4n) is 3.70. The highest BCUT2D eigenvalue weighted by molar-refractivity contribution is 5.97. The van der Waals surface area contributed by atoms with Gasteiger partial charge in [0.05, 0.1) is 12.8 Å². The number of carbonyl (C=O) groups is 2. The molecule has 1 aliphatic rings. The van der Waals surface area contributed by atoms with Gasteiger partial charge in [-0.2, -0.15) is 0 Å². The molecular formula is C24H31N3O3. The molecule has 1 atom stereocenters. The molecule has 1 aliphatic heterocycles. The molecule has 6 heteroatoms. The van der Waals surface area contributed by atoms with Gasteiger partial charge in [0.25, 0.3) is 5.91 Å². The van der Waals surface area contributed by atoms with Crippen LogP contribution < -0.4 is 15.0 Å². The lowest BCUT2D eigenvalue weighted by Crippen LogP contribution is -2.56. The third-order valence-electron chi connectivity index (χ3n) is 5.55. The second kappa shape index (κ2) is 9.65. The summed E-state index contributed by atoms with van der Waals surface area (Å²) in [5.74, 6) is 0.599. The van der Waals surface area contributed by atoms with E-state index < -0.39 is 6.04 Å². The van der Waals surface area contributed by atoms with Gasteiger partial charge in [0, 0.05) is 31.7 Å². The van der Waals surface area contributed by atoms with Crippen molar-refractivity contribution in [1.82, 2.24) is 10.2 Å². The maximum absolute atomic E-state index is 13.2. The average molecular weight is 410 g/mol. The Bertz CT molecular complexity index is 872. The summed E-state index contributed by atoms with van der Waals surface area (Å²) in [5.41, 5.74) is 2.70. The van der Waals surface area contributed by atoms with Gasteiger partial charge in [-0.15, -0.1) is 0 Å². The molecule has 1 saturated heterocycles. The summed E-state index contributed by atoms with van der Waals surface area (Å²) in [5, 5.41) is 2.95. The van der Waals surface area contributed by atoms with E-state index in [0.29, 0.717) is 18.7 Å². The third-order valence-corrected chi connectivity index (χ3v) is 5.55. The number of benzene rings is 2. The number of aryl methyl sites for hydroxylation is 1. The summed E-state index contributed by atoms with van der Waals surface area (Å²) in [6.07, 6.45) is 0. The van der Waals surface area contributed by atoms with Gasteiger partial charge in [-0.1, -0.05) is 43.7 Å². The third kappa shape index (κ3) is 4.93. The minimum absolute atomic E-state index is 0.000791. The van der Waals surface area contributed by atoms with Crippen LogP contribution >= 0.6 is 0 Å². The van der Waals surface area contributed by atoms with Crippen LogP contribution in [0.4, 0.5) is 5.69 Å². The maximum atomic E-state index is 13.2. The van der Waals surface area contributed by atoms with Crippen LogP contribution in [-0.2, 0) is 4.79 Å². The number of ether oxygens (including phenoxy) is 1. The van der Waals surface area contributed by atoms with Crippen LogP contribution in [-0.4, -0.2) is 56.0 Å². The zero-order valence-corrected chi connectivity index (χ0v) is 18.2. The summed E-state index contributed by atoms with van der Waals surface area (Å²) < 4.78 is 5.47. The number of methoxy groups -OCH3 is 1. The molecule has 6 nitrogen and oxygen atoms in total. The monoisotopic (exact) mass is 409 g/mol. The van der Waals surface area contributed by atoms with E-state index in [1.165, 1.54) is 0 Å². The predicted molar refractivity (Wildman–Crippen MR) is 119 cm³/mol. The lowest BCUT2D eigenvalue weighted by molar-refractivity contribution is -0.134. The minimum Gasteiger partial charge on any atom is -0.495 e. The van der Waals surface area contributed by atoms with Gasteiger partial charge in [-0.25, -0.2) is 0 Å². The van der Waals surface area contributed by atoms with Gasteiger partial charge in [-0.3, -0.25) is 9.59 Å². The summed E-state index contributed by atoms with van der Waals surface area (Å²) in [6.45, 7) is 8.58. The van der Waals surface area contributed by atoms with Crippen molar-refractivity contribution in [1.29, 1.82) is 0 Å². The normalized spacial score (nSPS) is 15.1. The molecule has 0 spiro atoms. The van der Waals surface area contributed by atoms with Gasteiger partial charge >= 0.3 is 0 Å². The van der Waals surface area contributed by atoms with E-state index >= 15 is 0 Å². The van der Waals surface area contributed by atoms with Crippen molar-refractivity contribution < 1.29 is 14.3 Å². The highest BCUT2D eigenvalue weighted by Gasteiger charge is 2.31. The molecule has 1 heterocycles. The standard InChI is InChI=1S/C24H31N3O3/c1-17(2)22(25-23(28)19-11-9-18(3)10-12-19)24(29)27-15-13-26(14-16-27)20-7-5-6-8-21(20)30-4/h5-12,17,22H,13-16H2,1-4H3,(H,25,28). The smallest absolute Gasteiger partial charge is 0.251 e. The average Bonchev–Trinajstić information content (AvgIpc) is 2.77. The lowest BCUT2D eigenvalue weighted by atomic mass is 10.0. The zero-order valence-electron chi connectivity index (χ0n) is 18.2. The number of rotatable bonds is 6. The Hall–Kier alpha value is -3.02. The van der Waals surface area contributed by atoms with Crippen molar-refractivity contribution in [3.8, 4) is 5.75 Å². The maximum Gasteiger partial charge on any atom is 0.251 e. The van der Waals surface area contributed by atoms with E-state index in [-0.39, 0.29) is 17.7 Å². The second-order valence-electron chi connectivity index (χ2n) is 8.05. The molecule has 3 rings (SSSR count). The summed E-state index contributed by atoms with van der Waals surface area (Å²) >= 11 is 0. The van der Waals surface area contributed by atoms with Crippen LogP contribution in [0.2, 0.25) is 0 Å². The van der Waals surface area contributed by atoms with Crippen molar-refractivity contribution >= 4 is 17.5 Å². The van der Waals surface area contributed by atoms with E-state index in [1.54, 1.807) is 19.2 Å². The lowest BCUT2D eigenvalue weighted by Gasteiger charge is -2.38. The van der Waals surface area contributed by atoms with E-state index in [4.69, 9.17) is 4.74 Å². The van der Waals surface area contributed by atoms with E-state index in [2.05, 4.69) is 10.2 Å². The first kappa shape index (κ1) is 21.7. The van der Waals surface area contributed by atoms with Crippen LogP contribution in [0.1, 0.15) is 29.8 Å². The number of anilines is 1. The van der Waals surface area contributed by atoms with Crippen molar-refractivity contribution in [2.24, 2.45) is 5.92 Å². The summed E-state index contributed by atoms with van der Waals surface area (Å²) in [6, 6.07) is 14.8. The van der Waals surface area contributed by atoms with Crippen LogP contribution in [0, 0.1) is 12.8 Å². The molecule has 0 radical (unpaired) electrons. The molecule has 2 amide bonds. The molecule has 0 saturated carbocycles. The molecule has 160 valence electrons. The molecule has 1 unspecified atom stereocenters. The number of hydrogen-bond donors (Lipinski definition) is 1. The molecule has 30 heavy (non-hydrogen) atoms. The van der Waals surface area contributed by atoms with Crippen LogP contribution in [0.3, 0.4) is 0 Å². The van der Waals surface area contributed by atoms with Gasteiger partial charge in [0.1, 0.15) is 11.8 Å². The molecular weight excluding hydrogens is 378 g/mol. The molecule has 2 aromatic rings. The topological polar surface area (TPSA) is 61.9 Å². The Balaban J connectivity index is 1.64. The van der Waals surface area contributed by atoms with Crippen molar-refractivity contribution in [2.45, 2.75) is 26.8 Å². The van der Waals surface area contributed by atoms with Gasteiger partial charge in [0.2, 0.25) is 5.91 Å². The zero-order chi connectivity index (χ0) is 21.7. The SMILES string of the molecule is COc1ccccc1N1CCN(C(=O)C(NC(=O)c2ccc(C)cc2)C(C)C)CC1. The van der Waals surface area contributed by atoms with Gasteiger partial charge in [0.15, 0.2) is 0 Å². The Labute approximate surface area is 178 Å². The summed E-state index contributed by atoms with van der Waals surface area (Å²) in [4.78, 5) is 29.9. The number of nitrogens with one attached hydrogen (secondary N) is 1. The quantitative estimate of drug-likeness (QED) is 0.796. The number of hydrogen-bond acceptors (Lipinski definition) is 4. The summed E-state index contributed by atoms with van der Waals surface area (Å²) in [7, 11) is 1.67. The molecule has 1 N–H and O–H groups in total. The largest absolute Gasteiger partial charge is 0.495 e.